The van der Waals surface area contributed by atoms with Crippen LogP contribution in [0.15, 0.2) is 91.0 Å². The van der Waals surface area contributed by atoms with E-state index in [-0.39, 0.29) is 0 Å². The summed E-state index contributed by atoms with van der Waals surface area (Å²) in [7, 11) is 5.05. The van der Waals surface area contributed by atoms with Crippen molar-refractivity contribution in [1.29, 1.82) is 0 Å². The highest BCUT2D eigenvalue weighted by Gasteiger charge is 2.14. The van der Waals surface area contributed by atoms with E-state index >= 15 is 0 Å². The van der Waals surface area contributed by atoms with E-state index in [2.05, 4.69) is 54.6 Å². The fraction of sp³-hybridized carbons (Fsp3) is 0.111. The molecule has 0 saturated carbocycles. The van der Waals surface area contributed by atoms with Gasteiger partial charge in [-0.2, -0.15) is 0 Å². The van der Waals surface area contributed by atoms with Gasteiger partial charge in [-0.1, -0.05) is 54.6 Å². The molecule has 4 rings (SSSR count). The zero-order valence-electron chi connectivity index (χ0n) is 17.4. The van der Waals surface area contributed by atoms with Crippen LogP contribution >= 0.6 is 0 Å². The van der Waals surface area contributed by atoms with Crippen molar-refractivity contribution in [2.75, 3.05) is 21.3 Å². The molecule has 0 unspecified atom stereocenters. The van der Waals surface area contributed by atoms with E-state index in [4.69, 9.17) is 14.2 Å². The first-order valence-corrected chi connectivity index (χ1v) is 9.80. The monoisotopic (exact) mass is 396 g/mol. The van der Waals surface area contributed by atoms with Crippen molar-refractivity contribution in [1.82, 2.24) is 0 Å². The third kappa shape index (κ3) is 3.87. The van der Waals surface area contributed by atoms with Gasteiger partial charge in [0.05, 0.1) is 21.3 Å². The molecular weight excluding hydrogens is 372 g/mol. The number of hydrogen-bond acceptors (Lipinski definition) is 3. The molecule has 0 heterocycles. The van der Waals surface area contributed by atoms with Crippen molar-refractivity contribution in [3.63, 3.8) is 0 Å². The highest BCUT2D eigenvalue weighted by Crippen LogP contribution is 2.41. The topological polar surface area (TPSA) is 27.7 Å². The molecule has 4 aromatic rings. The number of hydrogen-bond donors (Lipinski definition) is 0. The Hall–Kier alpha value is -3.72. The van der Waals surface area contributed by atoms with Gasteiger partial charge in [0.15, 0.2) is 0 Å². The molecule has 0 aromatic heterocycles. The quantitative estimate of drug-likeness (QED) is 0.362. The van der Waals surface area contributed by atoms with Gasteiger partial charge in [0.1, 0.15) is 17.2 Å². The van der Waals surface area contributed by atoms with Crippen LogP contribution in [0.4, 0.5) is 0 Å². The molecule has 0 aliphatic heterocycles. The molecule has 3 nitrogen and oxygen atoms in total. The van der Waals surface area contributed by atoms with Gasteiger partial charge in [-0.3, -0.25) is 0 Å². The van der Waals surface area contributed by atoms with Gasteiger partial charge in [0.2, 0.25) is 0 Å². The van der Waals surface area contributed by atoms with Gasteiger partial charge in [-0.15, -0.1) is 0 Å². The first-order chi connectivity index (χ1) is 14.7. The zero-order valence-corrected chi connectivity index (χ0v) is 17.4. The minimum atomic E-state index is 0.840. The van der Waals surface area contributed by atoms with Gasteiger partial charge in [-0.25, -0.2) is 0 Å². The van der Waals surface area contributed by atoms with Crippen molar-refractivity contribution < 1.29 is 14.2 Å². The number of ether oxygens (including phenoxy) is 3. The van der Waals surface area contributed by atoms with Crippen molar-refractivity contribution in [3.05, 3.63) is 91.0 Å². The minimum Gasteiger partial charge on any atom is -0.497 e. The van der Waals surface area contributed by atoms with E-state index in [1.54, 1.807) is 21.3 Å². The predicted molar refractivity (Wildman–Crippen MR) is 122 cm³/mol. The van der Waals surface area contributed by atoms with Crippen LogP contribution in [0.25, 0.3) is 33.4 Å². The Kier molecular flexibility index (Phi) is 5.71. The molecule has 0 spiro atoms. The van der Waals surface area contributed by atoms with Crippen LogP contribution in [0, 0.1) is 0 Å². The van der Waals surface area contributed by atoms with Crippen LogP contribution in [0.5, 0.6) is 17.2 Å². The Balaban J connectivity index is 1.92. The molecular formula is C27H24O3. The lowest BCUT2D eigenvalue weighted by molar-refractivity contribution is 0.414. The largest absolute Gasteiger partial charge is 0.497 e. The minimum absolute atomic E-state index is 0.840. The number of rotatable bonds is 6. The summed E-state index contributed by atoms with van der Waals surface area (Å²) in [5.74, 6) is 2.53. The molecule has 0 aliphatic rings. The van der Waals surface area contributed by atoms with E-state index < -0.39 is 0 Å². The van der Waals surface area contributed by atoms with Crippen LogP contribution in [0.3, 0.4) is 0 Å². The lowest BCUT2D eigenvalue weighted by Crippen LogP contribution is -1.92. The van der Waals surface area contributed by atoms with Crippen LogP contribution in [0.1, 0.15) is 0 Å². The van der Waals surface area contributed by atoms with E-state index in [0.717, 1.165) is 45.1 Å². The molecule has 3 heteroatoms. The van der Waals surface area contributed by atoms with Gasteiger partial charge in [0.25, 0.3) is 0 Å². The summed E-state index contributed by atoms with van der Waals surface area (Å²) < 4.78 is 16.0. The average Bonchev–Trinajstić information content (AvgIpc) is 2.84. The van der Waals surface area contributed by atoms with Gasteiger partial charge in [0, 0.05) is 0 Å². The Morgan fingerprint density at radius 2 is 0.733 bits per heavy atom. The highest BCUT2D eigenvalue weighted by molar-refractivity contribution is 5.94. The summed E-state index contributed by atoms with van der Waals surface area (Å²) in [5.41, 5.74) is 6.91. The Morgan fingerprint density at radius 1 is 0.400 bits per heavy atom. The summed E-state index contributed by atoms with van der Waals surface area (Å²) in [6.07, 6.45) is 0. The number of methoxy groups -OCH3 is 3. The molecule has 0 radical (unpaired) electrons. The number of benzene rings is 4. The third-order valence-corrected chi connectivity index (χ3v) is 5.25. The summed E-state index contributed by atoms with van der Waals surface area (Å²) in [6, 6.07) is 31.0. The normalized spacial score (nSPS) is 10.5. The highest BCUT2D eigenvalue weighted by atomic mass is 16.5. The molecule has 0 amide bonds. The summed E-state index contributed by atoms with van der Waals surface area (Å²) in [4.78, 5) is 0. The van der Waals surface area contributed by atoms with Gasteiger partial charge < -0.3 is 14.2 Å². The molecule has 150 valence electrons. The first-order valence-electron chi connectivity index (χ1n) is 9.80. The molecule has 0 N–H and O–H groups in total. The van der Waals surface area contributed by atoms with E-state index in [1.807, 2.05) is 36.4 Å². The van der Waals surface area contributed by atoms with Crippen LogP contribution in [0.2, 0.25) is 0 Å². The van der Waals surface area contributed by atoms with Gasteiger partial charge >= 0.3 is 0 Å². The third-order valence-electron chi connectivity index (χ3n) is 5.25. The van der Waals surface area contributed by atoms with Crippen LogP contribution in [-0.4, -0.2) is 21.3 Å². The molecule has 0 aliphatic carbocycles. The summed E-state index contributed by atoms with van der Waals surface area (Å²) >= 11 is 0. The second-order valence-electron chi connectivity index (χ2n) is 6.91. The van der Waals surface area contributed by atoms with Crippen LogP contribution in [-0.2, 0) is 0 Å². The van der Waals surface area contributed by atoms with Crippen molar-refractivity contribution in [2.24, 2.45) is 0 Å². The maximum Gasteiger partial charge on any atom is 0.118 e. The van der Waals surface area contributed by atoms with Crippen LogP contribution < -0.4 is 14.2 Å². The van der Waals surface area contributed by atoms with E-state index in [9.17, 15) is 0 Å². The molecule has 4 aromatic carbocycles. The van der Waals surface area contributed by atoms with Crippen molar-refractivity contribution in [3.8, 4) is 50.6 Å². The maximum atomic E-state index is 5.36. The van der Waals surface area contributed by atoms with E-state index in [1.165, 1.54) is 5.56 Å². The fourth-order valence-corrected chi connectivity index (χ4v) is 3.64. The molecule has 30 heavy (non-hydrogen) atoms. The Bertz CT molecular complexity index is 1050. The lowest BCUT2D eigenvalue weighted by atomic mass is 9.87. The standard InChI is InChI=1S/C27H24O3/c1-28-22-13-7-19(8-14-22)25-5-4-6-26(20-9-15-23(29-2)16-10-20)27(25)21-11-17-24(30-3)18-12-21/h4-18H,1-3H3. The smallest absolute Gasteiger partial charge is 0.118 e. The molecule has 0 bridgehead atoms. The second-order valence-corrected chi connectivity index (χ2v) is 6.91. The second kappa shape index (κ2) is 8.75. The SMILES string of the molecule is COc1ccc(-c2cccc(-c3ccc(OC)cc3)c2-c2ccc(OC)cc2)cc1. The summed E-state index contributed by atoms with van der Waals surface area (Å²) in [6.45, 7) is 0. The maximum absolute atomic E-state index is 5.36. The molecule has 0 saturated heterocycles. The average molecular weight is 396 g/mol. The Labute approximate surface area is 177 Å². The Morgan fingerprint density at radius 3 is 1.07 bits per heavy atom. The summed E-state index contributed by atoms with van der Waals surface area (Å²) in [5, 5.41) is 0. The molecule has 0 atom stereocenters. The van der Waals surface area contributed by atoms with E-state index in [0.29, 0.717) is 0 Å². The van der Waals surface area contributed by atoms with Crippen molar-refractivity contribution >= 4 is 0 Å². The van der Waals surface area contributed by atoms with Gasteiger partial charge in [-0.05, 0) is 69.8 Å². The lowest BCUT2D eigenvalue weighted by Gasteiger charge is -2.17. The zero-order chi connectivity index (χ0) is 20.9. The van der Waals surface area contributed by atoms with Crippen molar-refractivity contribution in [2.45, 2.75) is 0 Å². The fourth-order valence-electron chi connectivity index (χ4n) is 3.64. The first kappa shape index (κ1) is 19.6. The molecule has 0 fully saturated rings. The predicted octanol–water partition coefficient (Wildman–Crippen LogP) is 6.71.